The van der Waals surface area contributed by atoms with Crippen molar-refractivity contribution in [2.45, 2.75) is 32.5 Å². The van der Waals surface area contributed by atoms with Gasteiger partial charge in [-0.25, -0.2) is 0 Å². The second kappa shape index (κ2) is 9.92. The van der Waals surface area contributed by atoms with Gasteiger partial charge in [-0.15, -0.1) is 12.4 Å². The normalized spacial score (nSPS) is 18.1. The fourth-order valence-electron chi connectivity index (χ4n) is 3.27. The molecule has 1 aliphatic rings. The standard InChI is InChI=1S/C19H28N4O.ClH/c1-3-16-4-6-18(7-5-16)19-13-20-8-9-22(19)14-17-12-21-23(15-17)10-11-24-2;/h4-7,12,15,19-20H,3,8-11,13-14H2,1-2H3;1H. The van der Waals surface area contributed by atoms with E-state index in [1.807, 2.05) is 10.9 Å². The molecule has 1 atom stereocenters. The summed E-state index contributed by atoms with van der Waals surface area (Å²) in [6.45, 7) is 7.74. The zero-order chi connectivity index (χ0) is 16.8. The van der Waals surface area contributed by atoms with Gasteiger partial charge in [-0.1, -0.05) is 31.2 Å². The van der Waals surface area contributed by atoms with E-state index in [1.54, 1.807) is 7.11 Å². The first kappa shape index (κ1) is 19.9. The van der Waals surface area contributed by atoms with Crippen molar-refractivity contribution >= 4 is 12.4 Å². The summed E-state index contributed by atoms with van der Waals surface area (Å²) in [5, 5.41) is 7.97. The number of nitrogens with zero attached hydrogens (tertiary/aromatic N) is 3. The van der Waals surface area contributed by atoms with Gasteiger partial charge in [0.25, 0.3) is 0 Å². The maximum atomic E-state index is 5.12. The predicted octanol–water partition coefficient (Wildman–Crippen LogP) is 2.66. The zero-order valence-corrected chi connectivity index (χ0v) is 16.0. The third-order valence-electron chi connectivity index (χ3n) is 4.72. The molecule has 0 amide bonds. The van der Waals surface area contributed by atoms with Crippen LogP contribution >= 0.6 is 12.4 Å². The average Bonchev–Trinajstić information content (AvgIpc) is 3.08. The number of aryl methyl sites for hydroxylation is 1. The Kier molecular flexibility index (Phi) is 7.90. The van der Waals surface area contributed by atoms with Gasteiger partial charge >= 0.3 is 0 Å². The van der Waals surface area contributed by atoms with E-state index in [0.29, 0.717) is 12.6 Å². The molecule has 3 rings (SSSR count). The molecule has 0 bridgehead atoms. The lowest BCUT2D eigenvalue weighted by atomic mass is 10.0. The molecule has 0 radical (unpaired) electrons. The van der Waals surface area contributed by atoms with Crippen molar-refractivity contribution in [2.24, 2.45) is 0 Å². The third-order valence-corrected chi connectivity index (χ3v) is 4.72. The van der Waals surface area contributed by atoms with E-state index in [2.05, 4.69) is 52.7 Å². The molecule has 1 fully saturated rings. The number of methoxy groups -OCH3 is 1. The van der Waals surface area contributed by atoms with Gasteiger partial charge in [0.1, 0.15) is 0 Å². The largest absolute Gasteiger partial charge is 0.383 e. The highest BCUT2D eigenvalue weighted by Gasteiger charge is 2.24. The molecule has 0 saturated carbocycles. The Hall–Kier alpha value is -1.40. The van der Waals surface area contributed by atoms with E-state index in [-0.39, 0.29) is 12.4 Å². The summed E-state index contributed by atoms with van der Waals surface area (Å²) in [7, 11) is 1.72. The van der Waals surface area contributed by atoms with Crippen molar-refractivity contribution in [3.63, 3.8) is 0 Å². The smallest absolute Gasteiger partial charge is 0.0658 e. The van der Waals surface area contributed by atoms with E-state index < -0.39 is 0 Å². The minimum absolute atomic E-state index is 0. The lowest BCUT2D eigenvalue weighted by Crippen LogP contribution is -2.45. The number of aromatic nitrogens is 2. The number of ether oxygens (including phenoxy) is 1. The monoisotopic (exact) mass is 364 g/mol. The topological polar surface area (TPSA) is 42.3 Å². The molecule has 2 heterocycles. The lowest BCUT2D eigenvalue weighted by Gasteiger charge is -2.36. The molecule has 2 aromatic rings. The maximum absolute atomic E-state index is 5.12. The van der Waals surface area contributed by atoms with Crippen LogP contribution in [-0.2, 0) is 24.2 Å². The van der Waals surface area contributed by atoms with Crippen LogP contribution in [0.25, 0.3) is 0 Å². The Morgan fingerprint density at radius 3 is 2.76 bits per heavy atom. The fraction of sp³-hybridized carbons (Fsp3) is 0.526. The van der Waals surface area contributed by atoms with Crippen molar-refractivity contribution < 1.29 is 4.74 Å². The van der Waals surface area contributed by atoms with Crippen LogP contribution in [0.5, 0.6) is 0 Å². The van der Waals surface area contributed by atoms with Gasteiger partial charge in [0, 0.05) is 51.1 Å². The molecule has 25 heavy (non-hydrogen) atoms. The molecule has 1 unspecified atom stereocenters. The summed E-state index contributed by atoms with van der Waals surface area (Å²) in [5.41, 5.74) is 4.06. The molecule has 6 heteroatoms. The minimum atomic E-state index is 0. The number of benzene rings is 1. The highest BCUT2D eigenvalue weighted by Crippen LogP contribution is 2.24. The first-order valence-electron chi connectivity index (χ1n) is 8.84. The van der Waals surface area contributed by atoms with Crippen LogP contribution in [0.1, 0.15) is 29.7 Å². The number of rotatable bonds is 7. The van der Waals surface area contributed by atoms with Crippen molar-refractivity contribution in [3.8, 4) is 0 Å². The highest BCUT2D eigenvalue weighted by atomic mass is 35.5. The molecule has 1 N–H and O–H groups in total. The van der Waals surface area contributed by atoms with Gasteiger partial charge in [0.2, 0.25) is 0 Å². The molecule has 0 aliphatic carbocycles. The second-order valence-corrected chi connectivity index (χ2v) is 6.39. The fourth-order valence-corrected chi connectivity index (χ4v) is 3.27. The highest BCUT2D eigenvalue weighted by molar-refractivity contribution is 5.85. The summed E-state index contributed by atoms with van der Waals surface area (Å²) in [4.78, 5) is 2.55. The van der Waals surface area contributed by atoms with Gasteiger partial charge in [-0.2, -0.15) is 5.10 Å². The van der Waals surface area contributed by atoms with Crippen molar-refractivity contribution in [2.75, 3.05) is 33.4 Å². The van der Waals surface area contributed by atoms with Gasteiger partial charge in [0.15, 0.2) is 0 Å². The number of hydrogen-bond donors (Lipinski definition) is 1. The van der Waals surface area contributed by atoms with E-state index in [1.165, 1.54) is 16.7 Å². The van der Waals surface area contributed by atoms with Crippen LogP contribution in [0.15, 0.2) is 36.7 Å². The zero-order valence-electron chi connectivity index (χ0n) is 15.1. The molecule has 138 valence electrons. The SMILES string of the molecule is CCc1ccc(C2CNCCN2Cc2cnn(CCOC)c2)cc1.Cl. The Balaban J connectivity index is 0.00000225. The van der Waals surface area contributed by atoms with Crippen LogP contribution in [0, 0.1) is 0 Å². The number of hydrogen-bond acceptors (Lipinski definition) is 4. The van der Waals surface area contributed by atoms with Gasteiger partial charge < -0.3 is 10.1 Å². The van der Waals surface area contributed by atoms with E-state index >= 15 is 0 Å². The summed E-state index contributed by atoms with van der Waals surface area (Å²) >= 11 is 0. The Bertz CT molecular complexity index is 629. The third kappa shape index (κ3) is 5.28. The Morgan fingerprint density at radius 1 is 1.24 bits per heavy atom. The molecule has 0 spiro atoms. The van der Waals surface area contributed by atoms with Crippen LogP contribution in [0.3, 0.4) is 0 Å². The molecular weight excluding hydrogens is 336 g/mol. The maximum Gasteiger partial charge on any atom is 0.0658 e. The van der Waals surface area contributed by atoms with Gasteiger partial charge in [-0.05, 0) is 17.5 Å². The molecule has 1 aromatic carbocycles. The molecular formula is C19H29ClN4O. The van der Waals surface area contributed by atoms with Crippen molar-refractivity contribution in [1.29, 1.82) is 0 Å². The summed E-state index contributed by atoms with van der Waals surface area (Å²) < 4.78 is 7.08. The number of nitrogens with one attached hydrogen (secondary N) is 1. The van der Waals surface area contributed by atoms with Gasteiger partial charge in [-0.3, -0.25) is 9.58 Å². The lowest BCUT2D eigenvalue weighted by molar-refractivity contribution is 0.153. The molecule has 1 aromatic heterocycles. The summed E-state index contributed by atoms with van der Waals surface area (Å²) in [6, 6.07) is 9.50. The van der Waals surface area contributed by atoms with E-state index in [0.717, 1.165) is 39.1 Å². The summed E-state index contributed by atoms with van der Waals surface area (Å²) in [6.07, 6.45) is 5.21. The minimum Gasteiger partial charge on any atom is -0.383 e. The molecule has 1 saturated heterocycles. The first-order chi connectivity index (χ1) is 11.8. The molecule has 5 nitrogen and oxygen atoms in total. The summed E-state index contributed by atoms with van der Waals surface area (Å²) in [5.74, 6) is 0. The van der Waals surface area contributed by atoms with Crippen LogP contribution in [0.2, 0.25) is 0 Å². The quantitative estimate of drug-likeness (QED) is 0.820. The van der Waals surface area contributed by atoms with Gasteiger partial charge in [0.05, 0.1) is 19.3 Å². The number of piperazine rings is 1. The van der Waals surface area contributed by atoms with Crippen molar-refractivity contribution in [3.05, 3.63) is 53.3 Å². The van der Waals surface area contributed by atoms with E-state index in [4.69, 9.17) is 4.74 Å². The van der Waals surface area contributed by atoms with E-state index in [9.17, 15) is 0 Å². The predicted molar refractivity (Wildman–Crippen MR) is 103 cm³/mol. The second-order valence-electron chi connectivity index (χ2n) is 6.39. The molecule has 1 aliphatic heterocycles. The van der Waals surface area contributed by atoms with Crippen molar-refractivity contribution in [1.82, 2.24) is 20.0 Å². The first-order valence-corrected chi connectivity index (χ1v) is 8.84. The Labute approximate surface area is 156 Å². The van der Waals surface area contributed by atoms with Crippen LogP contribution < -0.4 is 5.32 Å². The average molecular weight is 365 g/mol. The van der Waals surface area contributed by atoms with Crippen LogP contribution in [-0.4, -0.2) is 48.0 Å². The van der Waals surface area contributed by atoms with Crippen LogP contribution in [0.4, 0.5) is 0 Å². The number of halogens is 1. The Morgan fingerprint density at radius 2 is 2.04 bits per heavy atom.